The number of benzene rings is 3. The Morgan fingerprint density at radius 1 is 0.504 bits per heavy atom. The fourth-order valence-corrected chi connectivity index (χ4v) is 18.9. The number of carbonyl (C=O) groups is 9. The maximum absolute atomic E-state index is 13.8. The number of anilines is 3. The number of aliphatic hydroxyl groups is 2. The molecule has 8 N–H and O–H groups in total. The van der Waals surface area contributed by atoms with Crippen LogP contribution in [0.1, 0.15) is 143 Å². The van der Waals surface area contributed by atoms with Crippen molar-refractivity contribution in [2.75, 3.05) is 61.4 Å². The largest absolute Gasteiger partial charge is 0.480 e. The van der Waals surface area contributed by atoms with Gasteiger partial charge >= 0.3 is 5.97 Å². The number of halogens is 4. The van der Waals surface area contributed by atoms with Crippen molar-refractivity contribution in [3.05, 3.63) is 155 Å². The maximum Gasteiger partial charge on any atom is 0.325 e. The summed E-state index contributed by atoms with van der Waals surface area (Å²) in [5, 5.41) is 58.5. The number of ketones is 3. The van der Waals surface area contributed by atoms with E-state index in [9.17, 15) is 70.2 Å². The molecule has 17 rings (SSSR count). The second-order valence-electron chi connectivity index (χ2n) is 33.2. The molecule has 0 radical (unpaired) electrons. The molecule has 4 saturated carbocycles. The number of nitrogens with zero attached hydrogens (tertiary/aromatic N) is 11. The first-order chi connectivity index (χ1) is 57.9. The minimum atomic E-state index is -3.71. The third kappa shape index (κ3) is 21.3. The van der Waals surface area contributed by atoms with Crippen LogP contribution in [-0.4, -0.2) is 221 Å². The van der Waals surface area contributed by atoms with Crippen LogP contribution in [0.5, 0.6) is 0 Å². The Bertz CT molecular complexity index is 5920. The molecule has 0 bridgehead atoms. The smallest absolute Gasteiger partial charge is 0.325 e. The van der Waals surface area contributed by atoms with Gasteiger partial charge in [0, 0.05) is 82.0 Å². The molecule has 0 spiro atoms. The zero-order chi connectivity index (χ0) is 89.4. The lowest BCUT2D eigenvalue weighted by atomic mass is 10.00. The van der Waals surface area contributed by atoms with E-state index in [-0.39, 0.29) is 116 Å². The van der Waals surface area contributed by atoms with Crippen LogP contribution in [0.15, 0.2) is 105 Å². The normalized spacial score (nSPS) is 23.3. The van der Waals surface area contributed by atoms with Crippen LogP contribution in [0.25, 0.3) is 32.7 Å². The van der Waals surface area contributed by atoms with Gasteiger partial charge in [-0.1, -0.05) is 79.2 Å². The van der Waals surface area contributed by atoms with Crippen molar-refractivity contribution < 1.29 is 79.5 Å². The number of pyridine rings is 3. The van der Waals surface area contributed by atoms with Crippen LogP contribution in [0.4, 0.5) is 17.5 Å². The first kappa shape index (κ1) is 92.9. The third-order valence-corrected chi connectivity index (χ3v) is 25.9. The molecule has 4 saturated heterocycles. The molecule has 5 amide bonds. The van der Waals surface area contributed by atoms with Gasteiger partial charge in [-0.2, -0.15) is 23.7 Å². The third-order valence-electron chi connectivity index (χ3n) is 24.0. The number of aliphatic hydroxyl groups excluding tert-OH is 2. The number of fused-ring (bicyclic) bond motifs is 7. The van der Waals surface area contributed by atoms with E-state index < -0.39 is 54.0 Å². The minimum Gasteiger partial charge on any atom is -0.480 e. The Morgan fingerprint density at radius 3 is 1.24 bits per heavy atom. The SMILES string of the molecule is C1C[C@@H]2CNC[C@@H]2C1.CC(=O)c1nn(CC(=O)N2[C@H](C(=O)Nc3nc(Br)ccc3C)C[C@@]3(CO)C[C@@H]23)c2c(C)cccc12.CC(=O)c1nn(CC(=O)N2[C@H](C(=O)Nc3nc(Br)ccc3C)C[C@@]3(COS(C)(=O)=O)C[C@@H]23)c2c(C)cccc12.CC(=O)c1nn(CC(=O)O)c2c(C)cccc12.CS(=O)(=O)Cl.Cc1ccc(Br)nc1NC(=O)[C@@H]1C[C@@]2(CO)C[C@H]2N1. The Balaban J connectivity index is 0.000000148. The molecule has 3 aromatic carbocycles. The summed E-state index contributed by atoms with van der Waals surface area (Å²) in [4.78, 5) is 129. The van der Waals surface area contributed by atoms with Crippen molar-refractivity contribution in [1.82, 2.24) is 64.7 Å². The zero-order valence-corrected chi connectivity index (χ0v) is 76.8. The number of hydrogen-bond acceptors (Lipinski definition) is 24. The van der Waals surface area contributed by atoms with Crippen molar-refractivity contribution in [1.29, 1.82) is 0 Å². The van der Waals surface area contributed by atoms with E-state index in [4.69, 9.17) is 9.29 Å². The number of amides is 5. The van der Waals surface area contributed by atoms with Crippen molar-refractivity contribution >= 4 is 181 Å². The number of rotatable bonds is 20. The Kier molecular flexibility index (Phi) is 28.4. The molecule has 123 heavy (non-hydrogen) atoms. The molecular weight excluding hydrogens is 1840 g/mol. The molecule has 4 aliphatic carbocycles. The van der Waals surface area contributed by atoms with Gasteiger partial charge in [-0.15, -0.1) is 0 Å². The fourth-order valence-electron chi connectivity index (χ4n) is 17.5. The number of carboxylic acids is 1. The number of aliphatic carboxylic acids is 1. The lowest BCUT2D eigenvalue weighted by Crippen LogP contribution is -2.47. The molecule has 656 valence electrons. The predicted octanol–water partition coefficient (Wildman–Crippen LogP) is 10.0. The Labute approximate surface area is 740 Å². The van der Waals surface area contributed by atoms with Crippen molar-refractivity contribution in [2.45, 2.75) is 176 Å². The first-order valence-corrected chi connectivity index (χ1v) is 46.9. The summed E-state index contributed by atoms with van der Waals surface area (Å²) in [7, 11) is -2.40. The van der Waals surface area contributed by atoms with Gasteiger partial charge in [0.15, 0.2) is 17.3 Å². The average molecular weight is 1940 g/mol. The van der Waals surface area contributed by atoms with E-state index in [1.165, 1.54) is 67.4 Å². The molecule has 8 fully saturated rings. The van der Waals surface area contributed by atoms with Crippen LogP contribution in [0, 0.1) is 69.6 Å². The highest BCUT2D eigenvalue weighted by molar-refractivity contribution is 9.11. The second kappa shape index (κ2) is 37.5. The highest BCUT2D eigenvalue weighted by Gasteiger charge is 2.69. The molecular formula is C84H98Br3ClN16O17S2. The number of carbonyl (C=O) groups excluding carboxylic acids is 8. The Hall–Kier alpha value is -9.22. The lowest BCUT2D eigenvalue weighted by Gasteiger charge is -2.27. The molecule has 8 aliphatic rings. The van der Waals surface area contributed by atoms with Crippen molar-refractivity contribution in [3.8, 4) is 0 Å². The van der Waals surface area contributed by atoms with Gasteiger partial charge < -0.3 is 51.7 Å². The van der Waals surface area contributed by atoms with Gasteiger partial charge in [0.25, 0.3) is 10.1 Å². The lowest BCUT2D eigenvalue weighted by molar-refractivity contribution is -0.138. The minimum absolute atomic E-state index is 0.0538. The topological polar surface area (TPSA) is 451 Å². The summed E-state index contributed by atoms with van der Waals surface area (Å²) in [5.74, 6) is 0.502. The van der Waals surface area contributed by atoms with E-state index in [1.807, 2.05) is 102 Å². The standard InChI is InChI=1S/C26H28BrN5O6S.C25H26BrN5O4.C13H16BrN3O2.C12H12N2O3.C7H13N.CH3ClO2S/c1-14-6-5-7-17-22(16(3)33)30-31(23(14)17)12-21(34)32-18(10-26(11-19(26)32)13-38-39(4,36)37)25(35)29-24-15(2)8-9-20(27)28-24;1-13-5-4-6-16-21(15(3)33)29-30(22(13)16)11-20(34)31-17(9-25(12-32)10-18(25)31)24(35)28-23-14(2)7-8-19(26)27-23;1-7-2-3-10(14)16-11(7)17-12(19)8-4-13(6-18)5-9(13)15-8;1-7-4-3-5-9-11(8(2)15)13-14(12(7)9)6-10(16)17;1-2-6-4-8-5-7(6)3-1;1-5(2,3)4/h5-9,18-19H,10-13H2,1-4H3,(H,28,29,35);4-8,17-18,32H,9-12H2,1-3H3,(H,27,28,35);2-3,8-9,15,18H,4-6H2,1H3,(H,16,17,19);3-5H,6H2,1-2H3,(H,16,17);6-8H,1-5H2;1H3/t18-,19+,26-;17-,18+,25-;8-,9+,13-;;6-,7+;/m000.../s1. The summed E-state index contributed by atoms with van der Waals surface area (Å²) < 4.78 is 53.6. The molecule has 6 aromatic heterocycles. The van der Waals surface area contributed by atoms with Gasteiger partial charge in [-0.25, -0.2) is 23.4 Å². The number of carboxylic acid groups (broad SMARTS) is 1. The summed E-state index contributed by atoms with van der Waals surface area (Å²) in [6.07, 6.45) is 9.87. The Morgan fingerprint density at radius 2 is 0.870 bits per heavy atom. The van der Waals surface area contributed by atoms with E-state index in [0.29, 0.717) is 102 Å². The number of aromatic nitrogens is 9. The number of Topliss-reactive ketones (excluding diaryl/α,β-unsaturated/α-hetero) is 3. The summed E-state index contributed by atoms with van der Waals surface area (Å²) in [5.41, 5.74) is 7.01. The molecule has 0 unspecified atom stereocenters. The van der Waals surface area contributed by atoms with Crippen molar-refractivity contribution in [3.63, 3.8) is 0 Å². The summed E-state index contributed by atoms with van der Waals surface area (Å²) in [6.45, 7) is 17.6. The first-order valence-electron chi connectivity index (χ1n) is 40.0. The van der Waals surface area contributed by atoms with Crippen molar-refractivity contribution in [2.24, 2.45) is 28.1 Å². The van der Waals surface area contributed by atoms with E-state index in [1.54, 1.807) is 39.9 Å². The van der Waals surface area contributed by atoms with E-state index in [0.717, 1.165) is 69.7 Å². The number of aryl methyl sites for hydroxylation is 6. The second-order valence-corrected chi connectivity index (χ2v) is 40.3. The molecule has 33 nitrogen and oxygen atoms in total. The van der Waals surface area contributed by atoms with E-state index >= 15 is 0 Å². The van der Waals surface area contributed by atoms with Crippen LogP contribution < -0.4 is 26.6 Å². The molecule has 39 heteroatoms. The number of likely N-dealkylation sites (tertiary alicyclic amines) is 2. The van der Waals surface area contributed by atoms with Gasteiger partial charge in [-0.05, 0) is 217 Å². The number of piperidine rings is 3. The van der Waals surface area contributed by atoms with Gasteiger partial charge in [0.05, 0.1) is 54.9 Å². The summed E-state index contributed by atoms with van der Waals surface area (Å²) in [6, 6.07) is 25.4. The van der Waals surface area contributed by atoms with Gasteiger partial charge in [0.1, 0.15) is 80.1 Å². The number of para-hydroxylation sites is 3. The highest BCUT2D eigenvalue weighted by atomic mass is 79.9. The molecule has 10 heterocycles. The maximum atomic E-state index is 13.8. The zero-order valence-electron chi connectivity index (χ0n) is 69.6. The van der Waals surface area contributed by atoms with Gasteiger partial charge in [-0.3, -0.25) is 61.4 Å². The predicted molar refractivity (Wildman–Crippen MR) is 471 cm³/mol. The van der Waals surface area contributed by atoms with Crippen LogP contribution in [0.3, 0.4) is 0 Å². The molecule has 9 aromatic rings. The van der Waals surface area contributed by atoms with Gasteiger partial charge in [0.2, 0.25) is 38.6 Å². The van der Waals surface area contributed by atoms with E-state index in [2.05, 4.69) is 115 Å². The van der Waals surface area contributed by atoms with Crippen LogP contribution in [0.2, 0.25) is 0 Å². The number of hydrogen-bond donors (Lipinski definition) is 8. The average Bonchev–Trinajstić information content (AvgIpc) is 1.54. The molecule has 4 aliphatic heterocycles. The van der Waals surface area contributed by atoms with Crippen LogP contribution in [-0.2, 0) is 71.8 Å². The number of nitrogens with one attached hydrogen (secondary N) is 5. The summed E-state index contributed by atoms with van der Waals surface area (Å²) >= 11 is 9.93. The monoisotopic (exact) mass is 1940 g/mol. The highest BCUT2D eigenvalue weighted by Crippen LogP contribution is 2.61. The quantitative estimate of drug-likeness (QED) is 0.0152. The fraction of sp³-hybridized carbons (Fsp3) is 0.464. The molecule has 11 atom stereocenters. The van der Waals surface area contributed by atoms with Crippen LogP contribution >= 0.6 is 58.5 Å².